The van der Waals surface area contributed by atoms with Crippen molar-refractivity contribution in [2.45, 2.75) is 225 Å². The minimum absolute atomic E-state index is 0.0258. The maximum Gasteiger partial charge on any atom is 0.325 e. The minimum Gasteiger partial charge on any atom is -0.483 e. The van der Waals surface area contributed by atoms with E-state index >= 15 is 4.39 Å². The molecule has 5 heterocycles. The molecule has 12 aliphatic rings. The van der Waals surface area contributed by atoms with Gasteiger partial charge in [0.25, 0.3) is 12.4 Å². The van der Waals surface area contributed by atoms with Gasteiger partial charge in [-0.05, 0) is 317 Å². The molecule has 32 heteroatoms. The highest BCUT2D eigenvalue weighted by Gasteiger charge is 2.62. The lowest BCUT2D eigenvalue weighted by molar-refractivity contribution is -0.122. The molecule has 1 aromatic heterocycles. The number of carbonyl (C=O) groups excluding carboxylic acids is 5. The number of sulfone groups is 3. The Morgan fingerprint density at radius 1 is 0.429 bits per heavy atom. The normalized spacial score (nSPS) is 27.2. The Kier molecular flexibility index (Phi) is 29.4. The van der Waals surface area contributed by atoms with Gasteiger partial charge in [0.05, 0.1) is 99.1 Å². The van der Waals surface area contributed by atoms with Gasteiger partial charge in [-0.25, -0.2) is 53.8 Å². The average molecular weight is 1970 g/mol. The Bertz CT molecular complexity index is 6140. The van der Waals surface area contributed by atoms with Gasteiger partial charge in [-0.2, -0.15) is 0 Å². The molecular weight excluding hydrogens is 1830 g/mol. The van der Waals surface area contributed by atoms with Crippen molar-refractivity contribution < 1.29 is 68.6 Å². The number of nitrogens with two attached hydrogens (primary N) is 1. The molecule has 4 saturated heterocycles. The summed E-state index contributed by atoms with van der Waals surface area (Å²) in [5.41, 5.74) is 11.1. The van der Waals surface area contributed by atoms with E-state index in [-0.39, 0.29) is 89.9 Å². The van der Waals surface area contributed by atoms with E-state index in [0.717, 1.165) is 172 Å². The number of hydrogen-bond donors (Lipinski definition) is 4. The number of nitrogens with zero attached hydrogens (tertiary/aromatic N) is 12. The zero-order valence-corrected chi connectivity index (χ0v) is 85.1. The van der Waals surface area contributed by atoms with Crippen molar-refractivity contribution >= 4 is 88.8 Å². The molecule has 12 fully saturated rings. The maximum absolute atomic E-state index is 15.1. The number of anilines is 4. The summed E-state index contributed by atoms with van der Waals surface area (Å²) in [6.07, 6.45) is 29.0. The van der Waals surface area contributed by atoms with Crippen LogP contribution in [0.15, 0.2) is 221 Å². The Morgan fingerprint density at radius 3 is 1.11 bits per heavy atom. The molecule has 7 aromatic carbocycles. The molecule has 8 aromatic rings. The van der Waals surface area contributed by atoms with E-state index in [4.69, 9.17) is 15.6 Å². The zero-order chi connectivity index (χ0) is 100.0. The van der Waals surface area contributed by atoms with Crippen LogP contribution in [0, 0.1) is 23.6 Å². The number of pyridine rings is 1. The van der Waals surface area contributed by atoms with Crippen molar-refractivity contribution in [3.63, 3.8) is 0 Å². The number of β-amino-alcohol motifs (C(OH)–C–C–N with tert-alkyl or cyclic N) is 1. The molecule has 0 radical (unpaired) electrons. The van der Waals surface area contributed by atoms with Crippen LogP contribution in [-0.2, 0) is 56.5 Å². The SMILES string of the molecule is CN(C)C1(c2ccccc2)CCC2(CC1)CN(c1ccc(S(C)(=O)=O)cc1F)C(=O)N2CC1CC1.CN(C)C1(c2ccccc2)CCC2(CC1)CN(c1ccc(S(C)(=O)=O)nc1)C(=O)N2CC1CC1.CN(C)C1(c2ccccc2)CCC2(CC1)CN(c1ccccc1C(N)=O)C(=O)N2CC1(O)CCC1.CNC1(c2ccccc2)CCC2(CC1)CN(c1ccc(S(C)(=O)=O)cc1)C(=O)N2CC1CC1.O=CO. The van der Waals surface area contributed by atoms with Gasteiger partial charge >= 0.3 is 24.1 Å². The highest BCUT2D eigenvalue weighted by Crippen LogP contribution is 2.57. The molecule has 140 heavy (non-hydrogen) atoms. The Balaban J connectivity index is 0.000000133. The summed E-state index contributed by atoms with van der Waals surface area (Å²) in [6, 6.07) is 63.2. The number of primary amides is 1. The van der Waals surface area contributed by atoms with Gasteiger partial charge in [-0.3, -0.25) is 43.9 Å². The van der Waals surface area contributed by atoms with Crippen LogP contribution < -0.4 is 30.7 Å². The molecular formula is C108H139FN14O14S3. The fourth-order valence-electron chi connectivity index (χ4n) is 24.1. The van der Waals surface area contributed by atoms with Crippen LogP contribution in [0.1, 0.15) is 193 Å². The molecule has 4 spiro atoms. The number of amides is 9. The number of aliphatic hydroxyl groups is 1. The summed E-state index contributed by atoms with van der Waals surface area (Å²) in [4.78, 5) is 102. The largest absolute Gasteiger partial charge is 0.483 e. The second kappa shape index (κ2) is 40.2. The average Bonchev–Trinajstić information content (AvgIpc) is 1.56. The zero-order valence-electron chi connectivity index (χ0n) is 82.6. The van der Waals surface area contributed by atoms with Crippen LogP contribution >= 0.6 is 0 Å². The number of para-hydroxylation sites is 1. The highest BCUT2D eigenvalue weighted by atomic mass is 32.2. The van der Waals surface area contributed by atoms with E-state index in [1.165, 1.54) is 83.5 Å². The number of halogens is 1. The van der Waals surface area contributed by atoms with Crippen LogP contribution in [0.5, 0.6) is 0 Å². The van der Waals surface area contributed by atoms with E-state index in [9.17, 15) is 54.3 Å². The topological polar surface area (TPSA) is 332 Å². The van der Waals surface area contributed by atoms with Gasteiger partial charge in [0.15, 0.2) is 34.5 Å². The van der Waals surface area contributed by atoms with E-state index in [0.29, 0.717) is 74.0 Å². The first-order valence-electron chi connectivity index (χ1n) is 49.5. The lowest BCUT2D eigenvalue weighted by atomic mass is 9.67. The standard InChI is InChI=1S/C28H36N4O3.C27H34FN3O3S.C26H34N4O3S.C26H33N3O3S.CH2O2/c1-30(2)28(21-9-4-3-5-10-21)17-15-26(16-18-28)19-31(23-12-7-6-11-22(23)24(29)33)25(34)32(26)20-27(35)13-8-14-27;1-29(2)27(21-7-5-4-6-8-21)15-13-26(14-16-27)19-30(25(32)31(26)18-20-9-10-20)24-12-11-22(17-23(24)28)35(3,33)34;1-28(2)26(21-7-5-4-6-8-21)15-13-25(14-16-26)19-29(24(31)30(25)18-20-9-10-20)22-11-12-23(27-17-22)34(3,32)33;1-27-26(21-6-4-3-5-7-21)16-14-25(15-17-26)19-28(24(30)29(25)18-20-8-9-20)22-10-12-23(13-11-22)33(2,31)32;2-1-3/h3-7,9-12,35H,8,13-20H2,1-2H3,(H2,29,33);4-8,11-12,17,20H,9-10,13-16,18-19H2,1-3H3;4-8,11-12,17,20H,9-10,13-16,18-19H2,1-3H3;3-7,10-13,20,27H,8-9,14-19H2,1-2H3;1H,(H,2,3). The molecule has 0 bridgehead atoms. The molecule has 8 aliphatic carbocycles. The number of benzene rings is 7. The molecule has 0 atom stereocenters. The third-order valence-electron chi connectivity index (χ3n) is 33.5. The monoisotopic (exact) mass is 1970 g/mol. The minimum atomic E-state index is -3.53. The Hall–Kier alpha value is -10.7. The first-order chi connectivity index (χ1) is 66.6. The number of carboxylic acid groups (broad SMARTS) is 1. The summed E-state index contributed by atoms with van der Waals surface area (Å²) < 4.78 is 86.3. The molecule has 5 N–H and O–H groups in total. The molecule has 0 unspecified atom stereocenters. The summed E-state index contributed by atoms with van der Waals surface area (Å²) >= 11 is 0. The maximum atomic E-state index is 15.1. The van der Waals surface area contributed by atoms with Gasteiger partial charge < -0.3 is 40.9 Å². The highest BCUT2D eigenvalue weighted by molar-refractivity contribution is 7.91. The number of carbonyl (C=O) groups is 6. The van der Waals surface area contributed by atoms with Crippen molar-refractivity contribution in [2.24, 2.45) is 23.5 Å². The fourth-order valence-corrected chi connectivity index (χ4v) is 25.9. The number of nitrogens with one attached hydrogen (secondary N) is 1. The van der Waals surface area contributed by atoms with Crippen molar-refractivity contribution in [3.05, 3.63) is 240 Å². The fraction of sp³-hybridized carbons (Fsp3) is 0.509. The first-order valence-corrected chi connectivity index (χ1v) is 55.2. The molecule has 28 nitrogen and oxygen atoms in total. The number of urea groups is 4. The lowest BCUT2D eigenvalue weighted by Crippen LogP contribution is -2.59. The third kappa shape index (κ3) is 20.6. The van der Waals surface area contributed by atoms with Crippen LogP contribution in [0.2, 0.25) is 0 Å². The summed E-state index contributed by atoms with van der Waals surface area (Å²) in [6.45, 7) is 4.62. The Labute approximate surface area is 825 Å². The Morgan fingerprint density at radius 2 is 0.764 bits per heavy atom. The summed E-state index contributed by atoms with van der Waals surface area (Å²) in [5, 5.41) is 21.6. The predicted molar refractivity (Wildman–Crippen MR) is 542 cm³/mol. The quantitative estimate of drug-likeness (QED) is 0.0408. The second-order valence-corrected chi connectivity index (χ2v) is 48.5. The van der Waals surface area contributed by atoms with Crippen molar-refractivity contribution in [1.82, 2.24) is 44.6 Å². The number of aromatic nitrogens is 1. The van der Waals surface area contributed by atoms with Crippen LogP contribution in [0.3, 0.4) is 0 Å². The van der Waals surface area contributed by atoms with Gasteiger partial charge in [0, 0.05) is 66.2 Å². The molecule has 8 saturated carbocycles. The van der Waals surface area contributed by atoms with Crippen LogP contribution in [-0.4, -0.2) is 259 Å². The predicted octanol–water partition coefficient (Wildman–Crippen LogP) is 16.1. The smallest absolute Gasteiger partial charge is 0.325 e. The van der Waals surface area contributed by atoms with Crippen molar-refractivity contribution in [2.75, 3.05) is 140 Å². The van der Waals surface area contributed by atoms with Gasteiger partial charge in [0.1, 0.15) is 5.82 Å². The van der Waals surface area contributed by atoms with E-state index in [2.05, 4.69) is 186 Å². The summed E-state index contributed by atoms with van der Waals surface area (Å²) in [5.74, 6) is 0.512. The molecule has 9 amide bonds. The van der Waals surface area contributed by atoms with Gasteiger partial charge in [0.2, 0.25) is 0 Å². The van der Waals surface area contributed by atoms with Gasteiger partial charge in [-0.1, -0.05) is 133 Å². The molecule has 4 aliphatic heterocycles. The third-order valence-corrected chi connectivity index (χ3v) is 36.8. The van der Waals surface area contributed by atoms with Crippen molar-refractivity contribution in [3.8, 4) is 0 Å². The number of hydrogen-bond acceptors (Lipinski definition) is 18. The molecule has 750 valence electrons. The lowest BCUT2D eigenvalue weighted by Gasteiger charge is -2.52. The van der Waals surface area contributed by atoms with Crippen molar-refractivity contribution in [1.29, 1.82) is 0 Å². The number of rotatable bonds is 24. The van der Waals surface area contributed by atoms with Crippen LogP contribution in [0.4, 0.5) is 46.3 Å². The first kappa shape index (κ1) is 102. The molecule has 20 rings (SSSR count). The van der Waals surface area contributed by atoms with E-state index in [1.807, 2.05) is 44.8 Å². The van der Waals surface area contributed by atoms with Gasteiger partial charge in [-0.15, -0.1) is 0 Å². The van der Waals surface area contributed by atoms with E-state index in [1.54, 1.807) is 53.4 Å². The van der Waals surface area contributed by atoms with E-state index < -0.39 is 52.4 Å². The van der Waals surface area contributed by atoms with Crippen LogP contribution in [0.25, 0.3) is 0 Å². The second-order valence-electron chi connectivity index (χ2n) is 42.5. The summed E-state index contributed by atoms with van der Waals surface area (Å²) in [7, 11) is 4.70.